The molecule has 1 aromatic heterocycles. The van der Waals surface area contributed by atoms with Gasteiger partial charge >= 0.3 is 13.2 Å². The second-order valence-electron chi connectivity index (χ2n) is 11.6. The molecule has 3 heterocycles. The van der Waals surface area contributed by atoms with Crippen molar-refractivity contribution in [2.24, 2.45) is 11.8 Å². The minimum Gasteiger partial charge on any atom is -0.453 e. The predicted octanol–water partition coefficient (Wildman–Crippen LogP) is 3.67. The highest BCUT2D eigenvalue weighted by molar-refractivity contribution is 6.62. The highest BCUT2D eigenvalue weighted by Gasteiger charge is 2.51. The Hall–Kier alpha value is -2.85. The number of rotatable bonds is 6. The monoisotopic (exact) mass is 510 g/mol. The fourth-order valence-corrected chi connectivity index (χ4v) is 4.88. The van der Waals surface area contributed by atoms with Gasteiger partial charge in [0, 0.05) is 6.54 Å². The summed E-state index contributed by atoms with van der Waals surface area (Å²) < 4.78 is 17.1. The number of aromatic amines is 1. The zero-order valence-electron chi connectivity index (χ0n) is 23.1. The number of benzene rings is 1. The Kier molecular flexibility index (Phi) is 7.45. The lowest BCUT2D eigenvalue weighted by molar-refractivity contribution is -0.135. The molecule has 0 bridgehead atoms. The Morgan fingerprint density at radius 2 is 1.78 bits per heavy atom. The van der Waals surface area contributed by atoms with Crippen LogP contribution in [0.15, 0.2) is 30.5 Å². The molecule has 0 saturated carbocycles. The first-order chi connectivity index (χ1) is 17.3. The largest absolute Gasteiger partial charge is 0.494 e. The van der Waals surface area contributed by atoms with Gasteiger partial charge in [-0.1, -0.05) is 45.0 Å². The predicted molar refractivity (Wildman–Crippen MR) is 142 cm³/mol. The van der Waals surface area contributed by atoms with Crippen LogP contribution in [0.1, 0.15) is 66.8 Å². The molecule has 9 nitrogen and oxygen atoms in total. The molecule has 10 heteroatoms. The molecule has 0 spiro atoms. The van der Waals surface area contributed by atoms with Crippen LogP contribution >= 0.6 is 0 Å². The SMILES string of the molecule is COC(=O)N[C@H](C(=O)N1C[C@@H](C)C[C@H]1c1ncc(-c2ccc(B3OC(C)(C)C(C)(C)O3)cc2)[nH]1)C(C)C. The minimum absolute atomic E-state index is 0.0854. The molecule has 2 amide bonds. The number of nitrogens with zero attached hydrogens (tertiary/aromatic N) is 2. The van der Waals surface area contributed by atoms with E-state index in [0.29, 0.717) is 12.5 Å². The standard InChI is InChI=1S/C27H39BN4O5/c1-16(2)22(31-25(34)35-8)24(33)32-15-17(3)13-21(32)23-29-14-20(30-23)18-9-11-19(12-10-18)28-36-26(4,5)27(6,7)37-28/h9-12,14,16-17,21-22H,13,15H2,1-8H3,(H,29,30)(H,31,34)/t17-,21-,22-/m0/s1. The molecule has 0 aliphatic carbocycles. The van der Waals surface area contributed by atoms with Gasteiger partial charge in [-0.25, -0.2) is 9.78 Å². The molecule has 2 fully saturated rings. The molecule has 37 heavy (non-hydrogen) atoms. The van der Waals surface area contributed by atoms with Crippen molar-refractivity contribution in [3.63, 3.8) is 0 Å². The number of carbonyl (C=O) groups excluding carboxylic acids is 2. The van der Waals surface area contributed by atoms with Crippen LogP contribution in [0.5, 0.6) is 0 Å². The molecule has 1 aromatic carbocycles. The van der Waals surface area contributed by atoms with Gasteiger partial charge in [-0.2, -0.15) is 0 Å². The Labute approximate surface area is 219 Å². The Balaban J connectivity index is 1.51. The van der Waals surface area contributed by atoms with Crippen molar-refractivity contribution < 1.29 is 23.6 Å². The first-order valence-corrected chi connectivity index (χ1v) is 13.0. The number of imidazole rings is 1. The van der Waals surface area contributed by atoms with E-state index in [9.17, 15) is 9.59 Å². The maximum atomic E-state index is 13.5. The quantitative estimate of drug-likeness (QED) is 0.575. The molecule has 3 atom stereocenters. The fraction of sp³-hybridized carbons (Fsp3) is 0.593. The minimum atomic E-state index is -0.669. The van der Waals surface area contributed by atoms with E-state index in [1.54, 1.807) is 6.20 Å². The number of hydrogen-bond donors (Lipinski definition) is 2. The smallest absolute Gasteiger partial charge is 0.453 e. The number of methoxy groups -OCH3 is 1. The van der Waals surface area contributed by atoms with Gasteiger partial charge in [0.25, 0.3) is 0 Å². The molecule has 0 radical (unpaired) electrons. The summed E-state index contributed by atoms with van der Waals surface area (Å²) >= 11 is 0. The normalized spacial score (nSPS) is 23.4. The maximum absolute atomic E-state index is 13.5. The third kappa shape index (κ3) is 5.41. The molecule has 2 aliphatic rings. The van der Waals surface area contributed by atoms with Gasteiger partial charge in [-0.05, 0) is 57.0 Å². The zero-order chi connectivity index (χ0) is 27.1. The average molecular weight is 510 g/mol. The summed E-state index contributed by atoms with van der Waals surface area (Å²) in [7, 11) is 0.882. The Morgan fingerprint density at radius 1 is 1.16 bits per heavy atom. The molecule has 4 rings (SSSR count). The number of carbonyl (C=O) groups is 2. The lowest BCUT2D eigenvalue weighted by atomic mass is 9.79. The number of likely N-dealkylation sites (tertiary alicyclic amines) is 1. The fourth-order valence-electron chi connectivity index (χ4n) is 4.88. The number of alkyl carbamates (subject to hydrolysis) is 1. The molecule has 2 aliphatic heterocycles. The summed E-state index contributed by atoms with van der Waals surface area (Å²) in [4.78, 5) is 35.3. The van der Waals surface area contributed by atoms with Crippen molar-refractivity contribution in [3.8, 4) is 11.3 Å². The van der Waals surface area contributed by atoms with Crippen LogP contribution in [0, 0.1) is 11.8 Å². The first kappa shape index (κ1) is 27.2. The van der Waals surface area contributed by atoms with Gasteiger partial charge in [0.1, 0.15) is 11.9 Å². The number of H-pyrrole nitrogens is 1. The van der Waals surface area contributed by atoms with Gasteiger partial charge in [-0.15, -0.1) is 0 Å². The van der Waals surface area contributed by atoms with Crippen molar-refractivity contribution >= 4 is 24.6 Å². The number of nitrogens with one attached hydrogen (secondary N) is 2. The van der Waals surface area contributed by atoms with E-state index in [1.165, 1.54) is 7.11 Å². The summed E-state index contributed by atoms with van der Waals surface area (Å²) in [6.07, 6.45) is 1.99. The van der Waals surface area contributed by atoms with Crippen molar-refractivity contribution in [1.82, 2.24) is 20.2 Å². The molecule has 200 valence electrons. The van der Waals surface area contributed by atoms with Gasteiger partial charge in [-0.3, -0.25) is 4.79 Å². The Morgan fingerprint density at radius 3 is 2.35 bits per heavy atom. The van der Waals surface area contributed by atoms with E-state index in [0.717, 1.165) is 29.0 Å². The van der Waals surface area contributed by atoms with Crippen molar-refractivity contribution in [3.05, 3.63) is 36.3 Å². The van der Waals surface area contributed by atoms with E-state index in [-0.39, 0.29) is 17.9 Å². The van der Waals surface area contributed by atoms with E-state index in [2.05, 4.69) is 22.2 Å². The summed E-state index contributed by atoms with van der Waals surface area (Å²) in [6, 6.07) is 7.20. The van der Waals surface area contributed by atoms with Gasteiger partial charge in [0.05, 0.1) is 36.2 Å². The van der Waals surface area contributed by atoms with Gasteiger partial charge in [0.2, 0.25) is 5.91 Å². The molecule has 2 aromatic rings. The van der Waals surface area contributed by atoms with E-state index >= 15 is 0 Å². The molecular formula is C27H39BN4O5. The van der Waals surface area contributed by atoms with E-state index < -0.39 is 30.5 Å². The van der Waals surface area contributed by atoms with Crippen LogP contribution in [-0.4, -0.2) is 64.9 Å². The summed E-state index contributed by atoms with van der Waals surface area (Å²) in [5, 5.41) is 2.70. The number of hydrogen-bond acceptors (Lipinski definition) is 6. The maximum Gasteiger partial charge on any atom is 0.494 e. The van der Waals surface area contributed by atoms with Gasteiger partial charge in [0.15, 0.2) is 0 Å². The van der Waals surface area contributed by atoms with Crippen molar-refractivity contribution in [1.29, 1.82) is 0 Å². The molecule has 0 unspecified atom stereocenters. The van der Waals surface area contributed by atoms with E-state index in [4.69, 9.17) is 14.0 Å². The summed E-state index contributed by atoms with van der Waals surface area (Å²) in [6.45, 7) is 14.7. The lowest BCUT2D eigenvalue weighted by Crippen LogP contribution is -2.51. The van der Waals surface area contributed by atoms with Crippen molar-refractivity contribution in [2.45, 2.75) is 78.2 Å². The van der Waals surface area contributed by atoms with Crippen LogP contribution in [0.4, 0.5) is 4.79 Å². The number of aromatic nitrogens is 2. The van der Waals surface area contributed by atoms with Crippen molar-refractivity contribution in [2.75, 3.05) is 13.7 Å². The van der Waals surface area contributed by atoms with Crippen LogP contribution in [0.25, 0.3) is 11.3 Å². The lowest BCUT2D eigenvalue weighted by Gasteiger charge is -2.32. The number of ether oxygens (including phenoxy) is 1. The molecule has 2 saturated heterocycles. The summed E-state index contributed by atoms with van der Waals surface area (Å²) in [5.41, 5.74) is 2.03. The zero-order valence-corrected chi connectivity index (χ0v) is 23.1. The van der Waals surface area contributed by atoms with Crippen LogP contribution < -0.4 is 10.8 Å². The third-order valence-electron chi connectivity index (χ3n) is 7.84. The van der Waals surface area contributed by atoms with Crippen LogP contribution in [0.2, 0.25) is 0 Å². The van der Waals surface area contributed by atoms with E-state index in [1.807, 2.05) is 70.7 Å². The second-order valence-corrected chi connectivity index (χ2v) is 11.6. The summed E-state index contributed by atoms with van der Waals surface area (Å²) in [5.74, 6) is 0.841. The van der Waals surface area contributed by atoms with Crippen LogP contribution in [-0.2, 0) is 18.8 Å². The highest BCUT2D eigenvalue weighted by Crippen LogP contribution is 2.37. The second kappa shape index (κ2) is 10.1. The molecular weight excluding hydrogens is 471 g/mol. The molecule has 2 N–H and O–H groups in total. The Bertz CT molecular complexity index is 1110. The highest BCUT2D eigenvalue weighted by atomic mass is 16.7. The van der Waals surface area contributed by atoms with Crippen LogP contribution in [0.3, 0.4) is 0 Å². The third-order valence-corrected chi connectivity index (χ3v) is 7.84. The van der Waals surface area contributed by atoms with Gasteiger partial charge < -0.3 is 29.2 Å². The average Bonchev–Trinajstić information content (AvgIpc) is 3.52. The first-order valence-electron chi connectivity index (χ1n) is 13.0. The number of amides is 2. The topological polar surface area (TPSA) is 106 Å².